The zero-order chi connectivity index (χ0) is 18.4. The second-order valence-corrected chi connectivity index (χ2v) is 6.95. The number of nitrogens with two attached hydrogens (primary N) is 1. The SMILES string of the molecule is NC(=O)N1CCC[C@@H](C(=O)N2CCN(CCOc3ccccc3)CC2)C1. The van der Waals surface area contributed by atoms with Gasteiger partial charge < -0.3 is 20.3 Å². The van der Waals surface area contributed by atoms with E-state index in [0.29, 0.717) is 19.7 Å². The van der Waals surface area contributed by atoms with E-state index in [4.69, 9.17) is 10.5 Å². The van der Waals surface area contributed by atoms with Crippen LogP contribution in [0.4, 0.5) is 4.79 Å². The summed E-state index contributed by atoms with van der Waals surface area (Å²) < 4.78 is 5.74. The summed E-state index contributed by atoms with van der Waals surface area (Å²) in [6, 6.07) is 9.38. The van der Waals surface area contributed by atoms with Crippen molar-refractivity contribution < 1.29 is 14.3 Å². The quantitative estimate of drug-likeness (QED) is 0.850. The van der Waals surface area contributed by atoms with E-state index in [1.165, 1.54) is 0 Å². The first-order valence-corrected chi connectivity index (χ1v) is 9.37. The molecule has 0 aliphatic carbocycles. The average molecular weight is 360 g/mol. The molecular weight excluding hydrogens is 332 g/mol. The Bertz CT molecular complexity index is 602. The molecule has 2 saturated heterocycles. The van der Waals surface area contributed by atoms with Crippen molar-refractivity contribution in [3.63, 3.8) is 0 Å². The summed E-state index contributed by atoms with van der Waals surface area (Å²) in [6.07, 6.45) is 1.68. The predicted molar refractivity (Wildman–Crippen MR) is 98.8 cm³/mol. The number of para-hydroxylation sites is 1. The number of nitrogens with zero attached hydrogens (tertiary/aromatic N) is 3. The van der Waals surface area contributed by atoms with Gasteiger partial charge in [-0.3, -0.25) is 9.69 Å². The summed E-state index contributed by atoms with van der Waals surface area (Å²) in [5, 5.41) is 0. The van der Waals surface area contributed by atoms with Gasteiger partial charge in [0.1, 0.15) is 12.4 Å². The van der Waals surface area contributed by atoms with Crippen LogP contribution in [0.5, 0.6) is 5.75 Å². The first-order chi connectivity index (χ1) is 12.6. The van der Waals surface area contributed by atoms with E-state index >= 15 is 0 Å². The second-order valence-electron chi connectivity index (χ2n) is 6.95. The number of ether oxygens (including phenoxy) is 1. The Kier molecular flexibility index (Phi) is 6.33. The molecule has 2 heterocycles. The van der Waals surface area contributed by atoms with Gasteiger partial charge in [-0.1, -0.05) is 18.2 Å². The zero-order valence-corrected chi connectivity index (χ0v) is 15.2. The maximum Gasteiger partial charge on any atom is 0.314 e. The smallest absolute Gasteiger partial charge is 0.314 e. The minimum absolute atomic E-state index is 0.107. The highest BCUT2D eigenvalue weighted by atomic mass is 16.5. The Morgan fingerprint density at radius 3 is 2.46 bits per heavy atom. The molecule has 1 atom stereocenters. The summed E-state index contributed by atoms with van der Waals surface area (Å²) in [4.78, 5) is 29.9. The number of piperazine rings is 1. The van der Waals surface area contributed by atoms with Crippen LogP contribution in [-0.2, 0) is 4.79 Å². The van der Waals surface area contributed by atoms with Crippen molar-refractivity contribution >= 4 is 11.9 Å². The summed E-state index contributed by atoms with van der Waals surface area (Å²) in [5.41, 5.74) is 5.36. The van der Waals surface area contributed by atoms with Crippen LogP contribution in [0, 0.1) is 5.92 Å². The number of hydrogen-bond acceptors (Lipinski definition) is 4. The summed E-state index contributed by atoms with van der Waals surface area (Å²) in [7, 11) is 0. The molecule has 0 aromatic heterocycles. The van der Waals surface area contributed by atoms with Gasteiger partial charge in [0.25, 0.3) is 0 Å². The van der Waals surface area contributed by atoms with Gasteiger partial charge in [-0.15, -0.1) is 0 Å². The summed E-state index contributed by atoms with van der Waals surface area (Å²) in [5.74, 6) is 0.943. The normalized spacial score (nSPS) is 21.5. The zero-order valence-electron chi connectivity index (χ0n) is 15.2. The highest BCUT2D eigenvalue weighted by Gasteiger charge is 2.31. The van der Waals surface area contributed by atoms with Crippen molar-refractivity contribution in [2.45, 2.75) is 12.8 Å². The van der Waals surface area contributed by atoms with Crippen molar-refractivity contribution in [2.24, 2.45) is 11.7 Å². The molecule has 2 aliphatic rings. The summed E-state index contributed by atoms with van der Waals surface area (Å²) >= 11 is 0. The average Bonchev–Trinajstić information content (AvgIpc) is 2.69. The van der Waals surface area contributed by atoms with E-state index in [1.54, 1.807) is 4.90 Å². The standard InChI is InChI=1S/C19H28N4O3/c20-19(25)23-8-4-5-16(15-23)18(24)22-11-9-21(10-12-22)13-14-26-17-6-2-1-3-7-17/h1-3,6-7,16H,4-5,8-15H2,(H2,20,25)/t16-/m1/s1. The molecule has 0 saturated carbocycles. The Morgan fingerprint density at radius 2 is 1.77 bits per heavy atom. The fourth-order valence-corrected chi connectivity index (χ4v) is 3.64. The Morgan fingerprint density at radius 1 is 1.04 bits per heavy atom. The van der Waals surface area contributed by atoms with Crippen LogP contribution in [0.3, 0.4) is 0 Å². The lowest BCUT2D eigenvalue weighted by Crippen LogP contribution is -2.53. The lowest BCUT2D eigenvalue weighted by molar-refractivity contribution is -0.138. The van der Waals surface area contributed by atoms with Gasteiger partial charge >= 0.3 is 6.03 Å². The number of rotatable bonds is 5. The van der Waals surface area contributed by atoms with Crippen molar-refractivity contribution in [1.29, 1.82) is 0 Å². The fourth-order valence-electron chi connectivity index (χ4n) is 3.64. The predicted octanol–water partition coefficient (Wildman–Crippen LogP) is 1.00. The number of amides is 3. The number of primary amides is 1. The van der Waals surface area contributed by atoms with Gasteiger partial charge in [0, 0.05) is 45.8 Å². The number of piperidine rings is 1. The molecule has 0 bridgehead atoms. The van der Waals surface area contributed by atoms with Crippen molar-refractivity contribution in [3.8, 4) is 5.75 Å². The number of carbonyl (C=O) groups excluding carboxylic acids is 2. The molecule has 0 radical (unpaired) electrons. The molecule has 1 aromatic rings. The molecule has 2 fully saturated rings. The molecular formula is C19H28N4O3. The molecule has 142 valence electrons. The molecule has 3 amide bonds. The maximum absolute atomic E-state index is 12.7. The van der Waals surface area contributed by atoms with Crippen LogP contribution in [0.1, 0.15) is 12.8 Å². The number of carbonyl (C=O) groups is 2. The number of urea groups is 1. The Hall–Kier alpha value is -2.28. The maximum atomic E-state index is 12.7. The van der Waals surface area contributed by atoms with Crippen LogP contribution < -0.4 is 10.5 Å². The topological polar surface area (TPSA) is 79.1 Å². The Balaban J connectivity index is 1.39. The van der Waals surface area contributed by atoms with E-state index < -0.39 is 6.03 Å². The number of likely N-dealkylation sites (tertiary alicyclic amines) is 1. The minimum Gasteiger partial charge on any atom is -0.492 e. The van der Waals surface area contributed by atoms with Crippen molar-refractivity contribution in [1.82, 2.24) is 14.7 Å². The molecule has 7 heteroatoms. The van der Waals surface area contributed by atoms with Crippen molar-refractivity contribution in [2.75, 3.05) is 52.4 Å². The monoisotopic (exact) mass is 360 g/mol. The molecule has 26 heavy (non-hydrogen) atoms. The van der Waals surface area contributed by atoms with Crippen LogP contribution in [0.2, 0.25) is 0 Å². The molecule has 0 unspecified atom stereocenters. The molecule has 2 aliphatic heterocycles. The van der Waals surface area contributed by atoms with Crippen LogP contribution in [0.25, 0.3) is 0 Å². The molecule has 3 rings (SSSR count). The first kappa shape index (κ1) is 18.5. The van der Waals surface area contributed by atoms with Crippen molar-refractivity contribution in [3.05, 3.63) is 30.3 Å². The second kappa shape index (κ2) is 8.89. The molecule has 2 N–H and O–H groups in total. The van der Waals surface area contributed by atoms with Crippen LogP contribution in [0.15, 0.2) is 30.3 Å². The van der Waals surface area contributed by atoms with Crippen LogP contribution >= 0.6 is 0 Å². The van der Waals surface area contributed by atoms with Crippen LogP contribution in [-0.4, -0.2) is 79.1 Å². The first-order valence-electron chi connectivity index (χ1n) is 9.37. The Labute approximate surface area is 154 Å². The minimum atomic E-state index is -0.425. The van der Waals surface area contributed by atoms with Gasteiger partial charge in [-0.05, 0) is 25.0 Å². The molecule has 0 spiro atoms. The molecule has 1 aromatic carbocycles. The summed E-state index contributed by atoms with van der Waals surface area (Å²) in [6.45, 7) is 5.80. The van der Waals surface area contributed by atoms with E-state index in [0.717, 1.165) is 51.3 Å². The lowest BCUT2D eigenvalue weighted by Gasteiger charge is -2.38. The highest BCUT2D eigenvalue weighted by Crippen LogP contribution is 2.19. The fraction of sp³-hybridized carbons (Fsp3) is 0.579. The van der Waals surface area contributed by atoms with Gasteiger partial charge in [-0.2, -0.15) is 0 Å². The third-order valence-electron chi connectivity index (χ3n) is 5.19. The van der Waals surface area contributed by atoms with Gasteiger partial charge in [-0.25, -0.2) is 4.79 Å². The van der Waals surface area contributed by atoms with E-state index in [-0.39, 0.29) is 11.8 Å². The largest absolute Gasteiger partial charge is 0.492 e. The number of hydrogen-bond donors (Lipinski definition) is 1. The van der Waals surface area contributed by atoms with E-state index in [1.807, 2.05) is 35.2 Å². The van der Waals surface area contributed by atoms with Gasteiger partial charge in [0.05, 0.1) is 5.92 Å². The third-order valence-corrected chi connectivity index (χ3v) is 5.19. The highest BCUT2D eigenvalue weighted by molar-refractivity contribution is 5.80. The molecule has 7 nitrogen and oxygen atoms in total. The van der Waals surface area contributed by atoms with E-state index in [9.17, 15) is 9.59 Å². The van der Waals surface area contributed by atoms with Gasteiger partial charge in [0.15, 0.2) is 0 Å². The van der Waals surface area contributed by atoms with Gasteiger partial charge in [0.2, 0.25) is 5.91 Å². The third kappa shape index (κ3) is 4.88. The lowest BCUT2D eigenvalue weighted by atomic mass is 9.96. The van der Waals surface area contributed by atoms with E-state index in [2.05, 4.69) is 4.90 Å². The number of benzene rings is 1.